The fourth-order valence-electron chi connectivity index (χ4n) is 3.19. The largest absolute Gasteiger partial charge is 0.452 e. The Bertz CT molecular complexity index is 849. The van der Waals surface area contributed by atoms with Gasteiger partial charge in [0.05, 0.1) is 11.6 Å². The molecule has 3 rings (SSSR count). The van der Waals surface area contributed by atoms with E-state index in [1.807, 2.05) is 18.2 Å². The number of rotatable bonds is 5. The van der Waals surface area contributed by atoms with Crippen LogP contribution in [0.3, 0.4) is 0 Å². The summed E-state index contributed by atoms with van der Waals surface area (Å²) in [5.41, 5.74) is 8.14. The summed E-state index contributed by atoms with van der Waals surface area (Å²) in [4.78, 5) is 35.0. The molecular formula is C20H21N3O4. The number of carbonyl (C=O) groups excluding carboxylic acids is 3. The number of aryl methyl sites for hydroxylation is 1. The van der Waals surface area contributed by atoms with Crippen LogP contribution in [0.2, 0.25) is 0 Å². The maximum Gasteiger partial charge on any atom is 0.338 e. The molecular weight excluding hydrogens is 346 g/mol. The van der Waals surface area contributed by atoms with Gasteiger partial charge in [0.1, 0.15) is 0 Å². The Morgan fingerprint density at radius 3 is 2.56 bits per heavy atom. The summed E-state index contributed by atoms with van der Waals surface area (Å²) in [6.45, 7) is -0.348. The fourth-order valence-corrected chi connectivity index (χ4v) is 3.19. The first-order valence-corrected chi connectivity index (χ1v) is 8.74. The van der Waals surface area contributed by atoms with E-state index in [0.29, 0.717) is 5.69 Å². The third-order valence-electron chi connectivity index (χ3n) is 4.43. The smallest absolute Gasteiger partial charge is 0.338 e. The number of nitrogens with one attached hydrogen (secondary N) is 2. The molecule has 0 heterocycles. The van der Waals surface area contributed by atoms with Gasteiger partial charge in [0.25, 0.3) is 5.91 Å². The summed E-state index contributed by atoms with van der Waals surface area (Å²) in [7, 11) is 0. The zero-order valence-corrected chi connectivity index (χ0v) is 14.7. The molecule has 0 fully saturated rings. The molecule has 0 aromatic heterocycles. The highest BCUT2D eigenvalue weighted by molar-refractivity contribution is 5.93. The van der Waals surface area contributed by atoms with Gasteiger partial charge in [-0.25, -0.2) is 9.59 Å². The Labute approximate surface area is 156 Å². The molecule has 27 heavy (non-hydrogen) atoms. The van der Waals surface area contributed by atoms with E-state index in [9.17, 15) is 14.4 Å². The van der Waals surface area contributed by atoms with E-state index in [2.05, 4.69) is 16.7 Å². The van der Waals surface area contributed by atoms with Gasteiger partial charge in [0.2, 0.25) is 0 Å². The van der Waals surface area contributed by atoms with Crippen LogP contribution in [0, 0.1) is 0 Å². The van der Waals surface area contributed by atoms with E-state index in [4.69, 9.17) is 10.5 Å². The summed E-state index contributed by atoms with van der Waals surface area (Å²) >= 11 is 0. The standard InChI is InChI=1S/C20H21N3O4/c21-20(26)22-15-10-8-14(9-11-15)19(25)27-12-18(24)23-17-7-3-5-13-4-1-2-6-16(13)17/h1-2,4,6,8-11,17H,3,5,7,12H2,(H,23,24)(H3,21,22,26)/t17-/m1/s1. The van der Waals surface area contributed by atoms with Gasteiger partial charge in [-0.1, -0.05) is 24.3 Å². The number of carbonyl (C=O) groups is 3. The second kappa shape index (κ2) is 8.35. The number of nitrogens with two attached hydrogens (primary N) is 1. The number of hydrogen-bond donors (Lipinski definition) is 3. The lowest BCUT2D eigenvalue weighted by Gasteiger charge is -2.26. The van der Waals surface area contributed by atoms with Crippen LogP contribution in [0.5, 0.6) is 0 Å². The quantitative estimate of drug-likeness (QED) is 0.705. The molecule has 4 N–H and O–H groups in total. The van der Waals surface area contributed by atoms with Gasteiger partial charge in [-0.15, -0.1) is 0 Å². The second-order valence-electron chi connectivity index (χ2n) is 6.35. The molecule has 0 aliphatic heterocycles. The normalized spacial score (nSPS) is 15.3. The SMILES string of the molecule is NC(=O)Nc1ccc(C(=O)OCC(=O)N[C@@H]2CCCc3ccccc32)cc1. The number of primary amides is 1. The Kier molecular flexibility index (Phi) is 5.71. The van der Waals surface area contributed by atoms with Crippen LogP contribution in [0.25, 0.3) is 0 Å². The van der Waals surface area contributed by atoms with Gasteiger partial charge in [0, 0.05) is 5.69 Å². The molecule has 7 nitrogen and oxygen atoms in total. The number of hydrogen-bond acceptors (Lipinski definition) is 4. The number of fused-ring (bicyclic) bond motifs is 1. The number of anilines is 1. The highest BCUT2D eigenvalue weighted by atomic mass is 16.5. The molecule has 3 amide bonds. The van der Waals surface area contributed by atoms with E-state index in [1.165, 1.54) is 29.8 Å². The van der Waals surface area contributed by atoms with Crippen molar-refractivity contribution in [2.45, 2.75) is 25.3 Å². The number of esters is 1. The maximum atomic E-state index is 12.2. The van der Waals surface area contributed by atoms with E-state index in [1.54, 1.807) is 0 Å². The molecule has 0 unspecified atom stereocenters. The minimum atomic E-state index is -0.689. The van der Waals surface area contributed by atoms with Gasteiger partial charge >= 0.3 is 12.0 Å². The van der Waals surface area contributed by atoms with E-state index < -0.39 is 12.0 Å². The van der Waals surface area contributed by atoms with Crippen molar-refractivity contribution in [1.82, 2.24) is 5.32 Å². The van der Waals surface area contributed by atoms with Crippen LogP contribution < -0.4 is 16.4 Å². The zero-order chi connectivity index (χ0) is 19.2. The summed E-state index contributed by atoms with van der Waals surface area (Å²) in [5.74, 6) is -0.947. The van der Waals surface area contributed by atoms with E-state index in [0.717, 1.165) is 24.8 Å². The minimum Gasteiger partial charge on any atom is -0.452 e. The first-order valence-electron chi connectivity index (χ1n) is 8.74. The van der Waals surface area contributed by atoms with Crippen molar-refractivity contribution in [3.63, 3.8) is 0 Å². The van der Waals surface area contributed by atoms with Gasteiger partial charge < -0.3 is 21.1 Å². The maximum absolute atomic E-state index is 12.2. The first kappa shape index (κ1) is 18.4. The molecule has 1 aliphatic rings. The van der Waals surface area contributed by atoms with Crippen molar-refractivity contribution >= 4 is 23.6 Å². The lowest BCUT2D eigenvalue weighted by Crippen LogP contribution is -2.34. The van der Waals surface area contributed by atoms with Crippen molar-refractivity contribution in [2.24, 2.45) is 5.73 Å². The van der Waals surface area contributed by atoms with Crippen molar-refractivity contribution in [3.05, 3.63) is 65.2 Å². The van der Waals surface area contributed by atoms with Crippen LogP contribution in [0.15, 0.2) is 48.5 Å². The number of urea groups is 1. The highest BCUT2D eigenvalue weighted by Crippen LogP contribution is 2.29. The van der Waals surface area contributed by atoms with Gasteiger partial charge in [-0.05, 0) is 54.7 Å². The Balaban J connectivity index is 1.52. The van der Waals surface area contributed by atoms with E-state index in [-0.39, 0.29) is 24.1 Å². The number of ether oxygens (including phenoxy) is 1. The molecule has 0 saturated carbocycles. The average molecular weight is 367 g/mol. The number of amides is 3. The molecule has 2 aromatic carbocycles. The van der Waals surface area contributed by atoms with Crippen molar-refractivity contribution in [3.8, 4) is 0 Å². The van der Waals surface area contributed by atoms with Crippen LogP contribution >= 0.6 is 0 Å². The van der Waals surface area contributed by atoms with Gasteiger partial charge in [-0.2, -0.15) is 0 Å². The summed E-state index contributed by atoms with van der Waals surface area (Å²) < 4.78 is 5.08. The predicted molar refractivity (Wildman–Crippen MR) is 100 cm³/mol. The lowest BCUT2D eigenvalue weighted by atomic mass is 9.88. The van der Waals surface area contributed by atoms with Crippen LogP contribution in [-0.4, -0.2) is 24.5 Å². The molecule has 0 spiro atoms. The molecule has 0 radical (unpaired) electrons. The summed E-state index contributed by atoms with van der Waals surface area (Å²) in [6, 6.07) is 13.3. The fraction of sp³-hybridized carbons (Fsp3) is 0.250. The molecule has 0 bridgehead atoms. The Morgan fingerprint density at radius 2 is 1.81 bits per heavy atom. The average Bonchev–Trinajstić information content (AvgIpc) is 2.66. The third kappa shape index (κ3) is 4.84. The van der Waals surface area contributed by atoms with Crippen molar-refractivity contribution in [2.75, 3.05) is 11.9 Å². The minimum absolute atomic E-state index is 0.0553. The van der Waals surface area contributed by atoms with Crippen molar-refractivity contribution in [1.29, 1.82) is 0 Å². The van der Waals surface area contributed by atoms with Crippen LogP contribution in [0.4, 0.5) is 10.5 Å². The monoisotopic (exact) mass is 367 g/mol. The van der Waals surface area contributed by atoms with Crippen LogP contribution in [-0.2, 0) is 16.0 Å². The van der Waals surface area contributed by atoms with Crippen LogP contribution in [0.1, 0.15) is 40.4 Å². The molecule has 2 aromatic rings. The third-order valence-corrected chi connectivity index (χ3v) is 4.43. The topological polar surface area (TPSA) is 111 Å². The predicted octanol–water partition coefficient (Wildman–Crippen LogP) is 2.53. The van der Waals surface area contributed by atoms with Gasteiger partial charge in [0.15, 0.2) is 6.61 Å². The second-order valence-corrected chi connectivity index (χ2v) is 6.35. The van der Waals surface area contributed by atoms with Gasteiger partial charge in [-0.3, -0.25) is 4.79 Å². The molecule has 7 heteroatoms. The summed E-state index contributed by atoms with van der Waals surface area (Å²) in [5, 5.41) is 5.33. The van der Waals surface area contributed by atoms with Crippen molar-refractivity contribution < 1.29 is 19.1 Å². The summed E-state index contributed by atoms with van der Waals surface area (Å²) in [6.07, 6.45) is 2.89. The molecule has 1 aliphatic carbocycles. The van der Waals surface area contributed by atoms with E-state index >= 15 is 0 Å². The Morgan fingerprint density at radius 1 is 1.07 bits per heavy atom. The Hall–Kier alpha value is -3.35. The number of benzene rings is 2. The zero-order valence-electron chi connectivity index (χ0n) is 14.7. The molecule has 0 saturated heterocycles. The lowest BCUT2D eigenvalue weighted by molar-refractivity contribution is -0.125. The molecule has 1 atom stereocenters. The first-order chi connectivity index (χ1) is 13.0. The molecule has 140 valence electrons. The highest BCUT2D eigenvalue weighted by Gasteiger charge is 2.21.